The zero-order valence-electron chi connectivity index (χ0n) is 14.5. The van der Waals surface area contributed by atoms with Crippen molar-refractivity contribution < 1.29 is 18.7 Å². The zero-order chi connectivity index (χ0) is 18.4. The summed E-state index contributed by atoms with van der Waals surface area (Å²) in [4.78, 5) is 16.6. The Morgan fingerprint density at radius 1 is 1.38 bits per heavy atom. The Balaban J connectivity index is 1.50. The number of methoxy groups -OCH3 is 1. The molecule has 7 nitrogen and oxygen atoms in total. The van der Waals surface area contributed by atoms with E-state index in [0.29, 0.717) is 19.0 Å². The van der Waals surface area contributed by atoms with Gasteiger partial charge in [-0.1, -0.05) is 41.6 Å². The van der Waals surface area contributed by atoms with Gasteiger partial charge in [0.25, 0.3) is 6.20 Å². The summed E-state index contributed by atoms with van der Waals surface area (Å²) in [6.45, 7) is 3.14. The molecule has 0 aliphatic rings. The summed E-state index contributed by atoms with van der Waals surface area (Å²) < 4.78 is 12.4. The largest absolute Gasteiger partial charge is 0.378 e. The number of hydrogen-bond acceptors (Lipinski definition) is 7. The van der Waals surface area contributed by atoms with Gasteiger partial charge in [0.05, 0.1) is 11.4 Å². The average Bonchev–Trinajstić information content (AvgIpc) is 3.28. The second-order valence-electron chi connectivity index (χ2n) is 5.52. The molecule has 0 fully saturated rings. The fourth-order valence-electron chi connectivity index (χ4n) is 2.11. The van der Waals surface area contributed by atoms with Crippen LogP contribution in [0.3, 0.4) is 0 Å². The Morgan fingerprint density at radius 2 is 2.19 bits per heavy atom. The minimum atomic E-state index is -0.169. The van der Waals surface area contributed by atoms with Gasteiger partial charge in [-0.05, 0) is 11.6 Å². The molecule has 0 aliphatic heterocycles. The number of anilines is 1. The van der Waals surface area contributed by atoms with Crippen LogP contribution in [-0.2, 0) is 16.1 Å². The predicted octanol–water partition coefficient (Wildman–Crippen LogP) is 2.77. The standard InChI is InChI=1S/C17H18N4O3S2/c1-12-3-5-13(6-4-12)14-10-25-17(18-14)26-11-15(22)19-16-9-21(20-24-16)7-8-23-2/h3-6,9-10H,7-8,11H2,1-2H3/p+1. The molecule has 0 atom stereocenters. The maximum Gasteiger partial charge on any atom is 0.302 e. The molecule has 1 aromatic carbocycles. The number of carbonyl (C=O) groups is 1. The fraction of sp³-hybridized carbons (Fsp3) is 0.294. The Labute approximate surface area is 159 Å². The molecule has 0 spiro atoms. The molecule has 26 heavy (non-hydrogen) atoms. The summed E-state index contributed by atoms with van der Waals surface area (Å²) in [5.41, 5.74) is 3.21. The van der Waals surface area contributed by atoms with Gasteiger partial charge in [0.1, 0.15) is 6.61 Å². The highest BCUT2D eigenvalue weighted by atomic mass is 32.2. The SMILES string of the molecule is COCC[n+]1cc(NC(=O)CSc2nc(-c3ccc(C)cc3)cs2)on1. The molecule has 2 heterocycles. The first-order chi connectivity index (χ1) is 12.6. The molecule has 0 saturated carbocycles. The van der Waals surface area contributed by atoms with E-state index in [1.54, 1.807) is 18.0 Å². The number of hydrogen-bond donors (Lipinski definition) is 1. The van der Waals surface area contributed by atoms with Gasteiger partial charge in [0, 0.05) is 18.1 Å². The van der Waals surface area contributed by atoms with Crippen molar-refractivity contribution in [2.24, 2.45) is 0 Å². The Morgan fingerprint density at radius 3 is 2.96 bits per heavy atom. The number of benzene rings is 1. The lowest BCUT2D eigenvalue weighted by molar-refractivity contribution is -0.763. The van der Waals surface area contributed by atoms with E-state index in [-0.39, 0.29) is 11.7 Å². The second kappa shape index (κ2) is 8.93. The highest BCUT2D eigenvalue weighted by Gasteiger charge is 2.14. The van der Waals surface area contributed by atoms with Gasteiger partial charge in [0.15, 0.2) is 4.34 Å². The van der Waals surface area contributed by atoms with Crippen molar-refractivity contribution in [3.8, 4) is 11.3 Å². The summed E-state index contributed by atoms with van der Waals surface area (Å²) in [6.07, 6.45) is 1.63. The van der Waals surface area contributed by atoms with E-state index in [4.69, 9.17) is 9.26 Å². The summed E-state index contributed by atoms with van der Waals surface area (Å²) in [6, 6.07) is 8.22. The predicted molar refractivity (Wildman–Crippen MR) is 100 cm³/mol. The lowest BCUT2D eigenvalue weighted by Crippen LogP contribution is -2.36. The molecular weight excluding hydrogens is 372 g/mol. The van der Waals surface area contributed by atoms with Crippen molar-refractivity contribution in [1.29, 1.82) is 0 Å². The molecule has 1 N–H and O–H groups in total. The van der Waals surface area contributed by atoms with Crippen LogP contribution in [0.4, 0.5) is 5.88 Å². The van der Waals surface area contributed by atoms with Crippen LogP contribution in [0.1, 0.15) is 5.56 Å². The third-order valence-electron chi connectivity index (χ3n) is 3.45. The summed E-state index contributed by atoms with van der Waals surface area (Å²) in [7, 11) is 1.61. The highest BCUT2D eigenvalue weighted by Crippen LogP contribution is 2.28. The minimum absolute atomic E-state index is 0.169. The second-order valence-corrected chi connectivity index (χ2v) is 7.60. The zero-order valence-corrected chi connectivity index (χ0v) is 16.1. The van der Waals surface area contributed by atoms with Crippen molar-refractivity contribution >= 4 is 34.9 Å². The van der Waals surface area contributed by atoms with Crippen LogP contribution in [0.2, 0.25) is 0 Å². The Hall–Kier alpha value is -2.23. The van der Waals surface area contributed by atoms with Gasteiger partial charge in [0.2, 0.25) is 17.7 Å². The average molecular weight is 391 g/mol. The van der Waals surface area contributed by atoms with E-state index in [9.17, 15) is 4.79 Å². The van der Waals surface area contributed by atoms with Crippen molar-refractivity contribution in [1.82, 2.24) is 10.3 Å². The molecule has 0 bridgehead atoms. The van der Waals surface area contributed by atoms with Crippen LogP contribution in [0.5, 0.6) is 0 Å². The van der Waals surface area contributed by atoms with E-state index >= 15 is 0 Å². The van der Waals surface area contributed by atoms with Crippen molar-refractivity contribution in [3.63, 3.8) is 0 Å². The van der Waals surface area contributed by atoms with Crippen LogP contribution < -0.4 is 10.00 Å². The Bertz CT molecular complexity index is 861. The number of amides is 1. The molecule has 136 valence electrons. The van der Waals surface area contributed by atoms with E-state index < -0.39 is 0 Å². The van der Waals surface area contributed by atoms with Crippen LogP contribution in [0.25, 0.3) is 11.3 Å². The van der Waals surface area contributed by atoms with Crippen molar-refractivity contribution in [2.45, 2.75) is 17.8 Å². The third-order valence-corrected chi connectivity index (χ3v) is 5.48. The number of carbonyl (C=O) groups excluding carboxylic acids is 1. The molecule has 9 heteroatoms. The van der Waals surface area contributed by atoms with Gasteiger partial charge in [-0.2, -0.15) is 0 Å². The topological polar surface area (TPSA) is 81.1 Å². The summed E-state index contributed by atoms with van der Waals surface area (Å²) in [5.74, 6) is 0.392. The van der Waals surface area contributed by atoms with Gasteiger partial charge in [-0.15, -0.1) is 11.3 Å². The molecule has 0 radical (unpaired) electrons. The van der Waals surface area contributed by atoms with Crippen LogP contribution in [0.15, 0.2) is 44.7 Å². The fourth-order valence-corrected chi connectivity index (χ4v) is 3.74. The number of nitrogens with zero attached hydrogens (tertiary/aromatic N) is 3. The monoisotopic (exact) mass is 391 g/mol. The molecule has 3 rings (SSSR count). The lowest BCUT2D eigenvalue weighted by atomic mass is 10.1. The minimum Gasteiger partial charge on any atom is -0.378 e. The number of aryl methyl sites for hydroxylation is 1. The van der Waals surface area contributed by atoms with Gasteiger partial charge < -0.3 is 4.74 Å². The highest BCUT2D eigenvalue weighted by molar-refractivity contribution is 8.01. The number of thiazole rings is 1. The molecule has 0 saturated heterocycles. The number of nitrogens with one attached hydrogen (secondary N) is 1. The normalized spacial score (nSPS) is 10.8. The lowest BCUT2D eigenvalue weighted by Gasteiger charge is -1.98. The first-order valence-corrected chi connectivity index (χ1v) is 9.81. The quantitative estimate of drug-likeness (QED) is 0.470. The number of aromatic nitrogens is 3. The smallest absolute Gasteiger partial charge is 0.302 e. The molecule has 0 aliphatic carbocycles. The van der Waals surface area contributed by atoms with Crippen LogP contribution in [-0.4, -0.2) is 35.6 Å². The van der Waals surface area contributed by atoms with Crippen LogP contribution >= 0.6 is 23.1 Å². The maximum absolute atomic E-state index is 12.0. The van der Waals surface area contributed by atoms with E-state index in [1.165, 1.54) is 28.7 Å². The van der Waals surface area contributed by atoms with Gasteiger partial charge in [-0.25, -0.2) is 4.98 Å². The Kier molecular flexibility index (Phi) is 6.37. The number of rotatable bonds is 8. The maximum atomic E-state index is 12.0. The molecular formula is C17H19N4O3S2+. The van der Waals surface area contributed by atoms with Gasteiger partial charge in [-0.3, -0.25) is 14.6 Å². The number of ether oxygens (including phenoxy) is 1. The van der Waals surface area contributed by atoms with Crippen molar-refractivity contribution in [3.05, 3.63) is 41.4 Å². The van der Waals surface area contributed by atoms with Crippen LogP contribution in [0, 0.1) is 6.92 Å². The first kappa shape index (κ1) is 18.6. The summed E-state index contributed by atoms with van der Waals surface area (Å²) >= 11 is 2.92. The molecule has 2 aromatic heterocycles. The third kappa shape index (κ3) is 5.13. The van der Waals surface area contributed by atoms with E-state index in [2.05, 4.69) is 34.6 Å². The molecule has 1 amide bonds. The molecule has 3 aromatic rings. The first-order valence-electron chi connectivity index (χ1n) is 7.94. The van der Waals surface area contributed by atoms with Gasteiger partial charge >= 0.3 is 5.88 Å². The van der Waals surface area contributed by atoms with E-state index in [1.807, 2.05) is 17.5 Å². The number of thioether (sulfide) groups is 1. The van der Waals surface area contributed by atoms with Crippen molar-refractivity contribution in [2.75, 3.05) is 24.8 Å². The molecule has 0 unspecified atom stereocenters. The summed E-state index contributed by atoms with van der Waals surface area (Å²) in [5, 5.41) is 8.48. The van der Waals surface area contributed by atoms with E-state index in [0.717, 1.165) is 15.6 Å².